The number of hydrogen-bond acceptors (Lipinski definition) is 7. The fourth-order valence-corrected chi connectivity index (χ4v) is 3.44. The molecule has 0 aliphatic carbocycles. The predicted octanol–water partition coefficient (Wildman–Crippen LogP) is 1.18. The van der Waals surface area contributed by atoms with Gasteiger partial charge in [-0.1, -0.05) is 12.1 Å². The molecule has 1 aromatic carbocycles. The number of carbonyl (C=O) groups is 3. The van der Waals surface area contributed by atoms with Gasteiger partial charge in [0.1, 0.15) is 17.8 Å². The summed E-state index contributed by atoms with van der Waals surface area (Å²) >= 11 is 0. The number of aromatic nitrogens is 2. The molecule has 10 nitrogen and oxygen atoms in total. The topological polar surface area (TPSA) is 123 Å². The van der Waals surface area contributed by atoms with E-state index >= 15 is 0 Å². The Kier molecular flexibility index (Phi) is 6.55. The molecule has 10 heteroatoms. The predicted molar refractivity (Wildman–Crippen MR) is 105 cm³/mol. The summed E-state index contributed by atoms with van der Waals surface area (Å²) in [7, 11) is 3.98. The van der Waals surface area contributed by atoms with Crippen molar-refractivity contribution in [1.82, 2.24) is 20.2 Å². The average molecular weight is 416 g/mol. The van der Waals surface area contributed by atoms with Gasteiger partial charge in [0.15, 0.2) is 0 Å². The third-order valence-corrected chi connectivity index (χ3v) is 5.00. The molecule has 30 heavy (non-hydrogen) atoms. The number of imidazole rings is 1. The fourth-order valence-electron chi connectivity index (χ4n) is 3.44. The molecule has 2 aromatic rings. The molecular weight excluding hydrogens is 392 g/mol. The van der Waals surface area contributed by atoms with E-state index in [-0.39, 0.29) is 6.42 Å². The molecule has 0 fully saturated rings. The number of amides is 2. The quantitative estimate of drug-likeness (QED) is 0.678. The number of benzene rings is 1. The lowest BCUT2D eigenvalue weighted by Gasteiger charge is -2.36. The van der Waals surface area contributed by atoms with Gasteiger partial charge in [-0.3, -0.25) is 4.79 Å². The molecule has 0 radical (unpaired) electrons. The lowest BCUT2D eigenvalue weighted by atomic mass is 9.96. The first-order valence-electron chi connectivity index (χ1n) is 9.36. The lowest BCUT2D eigenvalue weighted by molar-refractivity contribution is -0.149. The maximum Gasteiger partial charge on any atom is 0.329 e. The summed E-state index contributed by atoms with van der Waals surface area (Å²) in [6.45, 7) is 0.393. The normalized spacial score (nSPS) is 16.2. The van der Waals surface area contributed by atoms with Gasteiger partial charge < -0.3 is 29.4 Å². The maximum absolute atomic E-state index is 13.1. The molecule has 2 amide bonds. The van der Waals surface area contributed by atoms with Gasteiger partial charge in [-0.25, -0.2) is 14.6 Å². The van der Waals surface area contributed by atoms with E-state index in [1.54, 1.807) is 30.5 Å². The van der Waals surface area contributed by atoms with Crippen molar-refractivity contribution in [3.8, 4) is 5.75 Å². The zero-order valence-corrected chi connectivity index (χ0v) is 17.0. The van der Waals surface area contributed by atoms with Gasteiger partial charge in [-0.2, -0.15) is 0 Å². The number of carbonyl (C=O) groups excluding carboxylic acids is 3. The van der Waals surface area contributed by atoms with Crippen molar-refractivity contribution >= 4 is 18.0 Å². The molecule has 0 saturated heterocycles. The van der Waals surface area contributed by atoms with Crippen LogP contribution < -0.4 is 10.1 Å². The van der Waals surface area contributed by atoms with E-state index in [4.69, 9.17) is 9.47 Å². The SMILES string of the molecule is COC(=O)C[C@H](NC(=O)N1CCc2[nH]cnc2[C@@H]1c1ccc(OC)cc1)C(=O)OC. The summed E-state index contributed by atoms with van der Waals surface area (Å²) < 4.78 is 14.5. The van der Waals surface area contributed by atoms with Gasteiger partial charge in [0, 0.05) is 18.7 Å². The Morgan fingerprint density at radius 3 is 2.57 bits per heavy atom. The van der Waals surface area contributed by atoms with Crippen LogP contribution in [0.2, 0.25) is 0 Å². The van der Waals surface area contributed by atoms with Crippen LogP contribution in [-0.4, -0.2) is 66.8 Å². The van der Waals surface area contributed by atoms with Crippen molar-refractivity contribution in [3.63, 3.8) is 0 Å². The average Bonchev–Trinajstić information content (AvgIpc) is 3.26. The first-order valence-corrected chi connectivity index (χ1v) is 9.36. The zero-order chi connectivity index (χ0) is 21.7. The number of rotatable bonds is 6. The van der Waals surface area contributed by atoms with Crippen molar-refractivity contribution in [2.24, 2.45) is 0 Å². The molecule has 0 bridgehead atoms. The highest BCUT2D eigenvalue weighted by Gasteiger charge is 2.36. The molecule has 0 saturated carbocycles. The maximum atomic E-state index is 13.1. The highest BCUT2D eigenvalue weighted by atomic mass is 16.5. The van der Waals surface area contributed by atoms with Crippen LogP contribution in [-0.2, 0) is 25.5 Å². The highest BCUT2D eigenvalue weighted by molar-refractivity contribution is 5.87. The number of H-pyrrole nitrogens is 1. The van der Waals surface area contributed by atoms with Crippen molar-refractivity contribution in [2.45, 2.75) is 24.9 Å². The minimum absolute atomic E-state index is 0.330. The minimum atomic E-state index is -1.16. The van der Waals surface area contributed by atoms with Crippen LogP contribution in [0.25, 0.3) is 0 Å². The van der Waals surface area contributed by atoms with Crippen molar-refractivity contribution in [2.75, 3.05) is 27.9 Å². The van der Waals surface area contributed by atoms with Gasteiger partial charge in [-0.15, -0.1) is 0 Å². The fraction of sp³-hybridized carbons (Fsp3) is 0.400. The van der Waals surface area contributed by atoms with Crippen molar-refractivity contribution in [1.29, 1.82) is 0 Å². The summed E-state index contributed by atoms with van der Waals surface area (Å²) in [4.78, 5) is 46.0. The molecular formula is C20H24N4O6. The largest absolute Gasteiger partial charge is 0.497 e. The lowest BCUT2D eigenvalue weighted by Crippen LogP contribution is -2.52. The third kappa shape index (κ3) is 4.37. The number of nitrogens with zero attached hydrogens (tertiary/aromatic N) is 2. The number of hydrogen-bond donors (Lipinski definition) is 2. The van der Waals surface area contributed by atoms with E-state index in [9.17, 15) is 14.4 Å². The molecule has 0 unspecified atom stereocenters. The Bertz CT molecular complexity index is 910. The molecule has 3 rings (SSSR count). The number of fused-ring (bicyclic) bond motifs is 1. The van der Waals surface area contributed by atoms with E-state index in [2.05, 4.69) is 20.0 Å². The summed E-state index contributed by atoms with van der Waals surface area (Å²) in [6, 6.07) is 5.19. The Morgan fingerprint density at radius 2 is 1.93 bits per heavy atom. The van der Waals surface area contributed by atoms with Crippen LogP contribution in [0, 0.1) is 0 Å². The number of nitrogens with one attached hydrogen (secondary N) is 2. The summed E-state index contributed by atoms with van der Waals surface area (Å²) in [5.41, 5.74) is 2.50. The number of esters is 2. The van der Waals surface area contributed by atoms with Crippen LogP contribution in [0.1, 0.15) is 29.4 Å². The third-order valence-electron chi connectivity index (χ3n) is 5.00. The van der Waals surface area contributed by atoms with Gasteiger partial charge in [0.05, 0.1) is 39.8 Å². The Balaban J connectivity index is 1.88. The van der Waals surface area contributed by atoms with E-state index in [1.807, 2.05) is 12.1 Å². The van der Waals surface area contributed by atoms with Crippen molar-refractivity contribution < 1.29 is 28.6 Å². The molecule has 0 spiro atoms. The van der Waals surface area contributed by atoms with Gasteiger partial charge in [-0.05, 0) is 17.7 Å². The van der Waals surface area contributed by atoms with E-state index in [0.29, 0.717) is 18.7 Å². The number of urea groups is 1. The number of aromatic amines is 1. The molecule has 160 valence electrons. The van der Waals surface area contributed by atoms with Gasteiger partial charge in [0.25, 0.3) is 0 Å². The Morgan fingerprint density at radius 1 is 1.20 bits per heavy atom. The van der Waals surface area contributed by atoms with Crippen LogP contribution in [0.4, 0.5) is 4.79 Å². The minimum Gasteiger partial charge on any atom is -0.497 e. The van der Waals surface area contributed by atoms with E-state index in [1.165, 1.54) is 14.2 Å². The second-order valence-corrected chi connectivity index (χ2v) is 6.69. The summed E-state index contributed by atoms with van der Waals surface area (Å²) in [5.74, 6) is -0.672. The smallest absolute Gasteiger partial charge is 0.329 e. The monoisotopic (exact) mass is 416 g/mol. The molecule has 2 N–H and O–H groups in total. The standard InChI is InChI=1S/C20H24N4O6/c1-28-13-6-4-12(5-7-13)18-17-14(21-11-22-17)8-9-24(18)20(27)23-15(19(26)30-3)10-16(25)29-2/h4-7,11,15,18H,8-10H2,1-3H3,(H,21,22)(H,23,27)/t15-,18-/m0/s1. The van der Waals surface area contributed by atoms with Crippen LogP contribution in [0.5, 0.6) is 5.75 Å². The second-order valence-electron chi connectivity index (χ2n) is 6.69. The molecule has 1 aromatic heterocycles. The van der Waals surface area contributed by atoms with Gasteiger partial charge >= 0.3 is 18.0 Å². The number of ether oxygens (including phenoxy) is 3. The van der Waals surface area contributed by atoms with E-state index in [0.717, 1.165) is 17.0 Å². The van der Waals surface area contributed by atoms with Crippen LogP contribution in [0.15, 0.2) is 30.6 Å². The first kappa shape index (κ1) is 21.2. The Labute approximate surface area is 173 Å². The summed E-state index contributed by atoms with van der Waals surface area (Å²) in [6.07, 6.45) is 1.84. The number of methoxy groups -OCH3 is 3. The van der Waals surface area contributed by atoms with Crippen molar-refractivity contribution in [3.05, 3.63) is 47.5 Å². The molecule has 1 aliphatic heterocycles. The second kappa shape index (κ2) is 9.29. The van der Waals surface area contributed by atoms with Crippen LogP contribution >= 0.6 is 0 Å². The Hall–Kier alpha value is -3.56. The summed E-state index contributed by atoms with van der Waals surface area (Å²) in [5, 5.41) is 2.60. The molecule has 2 atom stereocenters. The van der Waals surface area contributed by atoms with E-state index < -0.39 is 30.1 Å². The molecule has 2 heterocycles. The first-order chi connectivity index (χ1) is 14.5. The van der Waals surface area contributed by atoms with Crippen LogP contribution in [0.3, 0.4) is 0 Å². The highest BCUT2D eigenvalue weighted by Crippen LogP contribution is 2.34. The van der Waals surface area contributed by atoms with Gasteiger partial charge in [0.2, 0.25) is 0 Å². The zero-order valence-electron chi connectivity index (χ0n) is 17.0. The molecule has 1 aliphatic rings.